The van der Waals surface area contributed by atoms with Gasteiger partial charge in [0, 0.05) is 0 Å². The zero-order valence-corrected chi connectivity index (χ0v) is 23.3. The van der Waals surface area contributed by atoms with E-state index in [0.29, 0.717) is 16.8 Å². The number of para-hydroxylation sites is 1. The van der Waals surface area contributed by atoms with Gasteiger partial charge in [0.1, 0.15) is 0 Å². The van der Waals surface area contributed by atoms with E-state index in [2.05, 4.69) is 75.1 Å². The fourth-order valence-corrected chi connectivity index (χ4v) is 8.81. The topological polar surface area (TPSA) is 30.9 Å². The quantitative estimate of drug-likeness (QED) is 0.424. The van der Waals surface area contributed by atoms with Gasteiger partial charge >= 0.3 is 213 Å². The number of ether oxygens (including phenoxy) is 3. The summed E-state index contributed by atoms with van der Waals surface area (Å²) < 4.78 is 20.1. The van der Waals surface area contributed by atoms with Crippen LogP contribution in [0.15, 0.2) is 54.6 Å². The van der Waals surface area contributed by atoms with Crippen molar-refractivity contribution in [1.82, 2.24) is 4.90 Å². The van der Waals surface area contributed by atoms with Gasteiger partial charge in [-0.25, -0.2) is 0 Å². The van der Waals surface area contributed by atoms with Crippen molar-refractivity contribution in [2.75, 3.05) is 20.8 Å². The molecule has 186 valence electrons. The Kier molecular flexibility index (Phi) is 8.43. The van der Waals surface area contributed by atoms with Gasteiger partial charge in [-0.1, -0.05) is 0 Å². The molecule has 2 aromatic rings. The van der Waals surface area contributed by atoms with Gasteiger partial charge in [0.15, 0.2) is 0 Å². The molecule has 0 aromatic heterocycles. The number of fused-ring (bicyclic) bond motifs is 1. The number of methoxy groups -OCH3 is 2. The molecule has 6 atom stereocenters. The number of rotatable bonds is 8. The fraction of sp³-hybridized carbons (Fsp3) is 0.586. The van der Waals surface area contributed by atoms with E-state index < -0.39 is 0 Å². The van der Waals surface area contributed by atoms with Crippen LogP contribution in [0.3, 0.4) is 0 Å². The minimum atomic E-state index is -0.0524. The predicted molar refractivity (Wildman–Crippen MR) is 140 cm³/mol. The molecule has 0 radical (unpaired) electrons. The SMILES string of the molecule is COc1ccccc1[C@H](OC)[C@@H](CN1[C@H](C)O[C@@H]2C[C@H](C)CC[C@H]2C1(C)C)[Se]c1ccccc1. The van der Waals surface area contributed by atoms with Crippen molar-refractivity contribution >= 4 is 19.4 Å². The summed E-state index contributed by atoms with van der Waals surface area (Å²) in [5.74, 6) is 2.22. The van der Waals surface area contributed by atoms with Crippen molar-refractivity contribution in [1.29, 1.82) is 0 Å². The van der Waals surface area contributed by atoms with E-state index in [-0.39, 0.29) is 32.8 Å². The summed E-state index contributed by atoms with van der Waals surface area (Å²) in [5, 5.41) is 0. The summed E-state index contributed by atoms with van der Waals surface area (Å²) >= 11 is 0.219. The molecule has 4 rings (SSSR count). The standard InChI is InChI=1S/C29H41NO3Se/c1-20-16-17-24-26(18-20)33-21(2)30(29(24,3)4)19-27(34-22-12-8-7-9-13-22)28(32-6)23-14-10-11-15-25(23)31-5/h7-15,20-21,24,26-28H,16-19H2,1-6H3/t20-,21+,24-,26-,27-,28+/m1/s1. The number of nitrogens with zero attached hydrogens (tertiary/aromatic N) is 1. The molecule has 2 fully saturated rings. The van der Waals surface area contributed by atoms with Crippen LogP contribution in [-0.4, -0.2) is 58.5 Å². The molecule has 34 heavy (non-hydrogen) atoms. The zero-order valence-electron chi connectivity index (χ0n) is 21.6. The summed E-state index contributed by atoms with van der Waals surface area (Å²) in [6.07, 6.45) is 4.14. The van der Waals surface area contributed by atoms with E-state index >= 15 is 0 Å². The Bertz CT molecular complexity index is 921. The first-order valence-corrected chi connectivity index (χ1v) is 14.5. The molecule has 1 aliphatic carbocycles. The van der Waals surface area contributed by atoms with Crippen molar-refractivity contribution in [2.24, 2.45) is 11.8 Å². The van der Waals surface area contributed by atoms with E-state index in [9.17, 15) is 0 Å². The summed E-state index contributed by atoms with van der Waals surface area (Å²) in [4.78, 5) is 2.93. The van der Waals surface area contributed by atoms with Crippen LogP contribution in [0, 0.1) is 11.8 Å². The maximum absolute atomic E-state index is 6.69. The summed E-state index contributed by atoms with van der Waals surface area (Å²) in [6, 6.07) is 19.2. The average molecular weight is 531 g/mol. The van der Waals surface area contributed by atoms with Crippen LogP contribution >= 0.6 is 0 Å². The minimum absolute atomic E-state index is 0.0524. The molecule has 1 saturated heterocycles. The molecule has 2 aromatic carbocycles. The van der Waals surface area contributed by atoms with E-state index in [4.69, 9.17) is 14.2 Å². The normalized spacial score (nSPS) is 28.6. The first-order chi connectivity index (χ1) is 16.3. The van der Waals surface area contributed by atoms with E-state index in [1.54, 1.807) is 7.11 Å². The van der Waals surface area contributed by atoms with Crippen molar-refractivity contribution in [2.45, 2.75) is 75.7 Å². The third-order valence-electron chi connectivity index (χ3n) is 7.96. The molecule has 0 N–H and O–H groups in total. The second kappa shape index (κ2) is 11.1. The Morgan fingerprint density at radius 1 is 1.03 bits per heavy atom. The molecular weight excluding hydrogens is 489 g/mol. The molecule has 0 unspecified atom stereocenters. The summed E-state index contributed by atoms with van der Waals surface area (Å²) in [5.41, 5.74) is 1.20. The van der Waals surface area contributed by atoms with Crippen LogP contribution in [-0.2, 0) is 9.47 Å². The van der Waals surface area contributed by atoms with Gasteiger partial charge in [0.25, 0.3) is 0 Å². The Hall–Kier alpha value is -1.36. The van der Waals surface area contributed by atoms with Crippen LogP contribution < -0.4 is 9.20 Å². The van der Waals surface area contributed by atoms with Crippen molar-refractivity contribution < 1.29 is 14.2 Å². The van der Waals surface area contributed by atoms with E-state index in [1.165, 1.54) is 23.7 Å². The molecule has 2 aliphatic rings. The van der Waals surface area contributed by atoms with Gasteiger partial charge in [-0.2, -0.15) is 0 Å². The number of hydrogen-bond acceptors (Lipinski definition) is 4. The second-order valence-corrected chi connectivity index (χ2v) is 13.2. The monoisotopic (exact) mass is 531 g/mol. The van der Waals surface area contributed by atoms with Gasteiger partial charge in [-0.3, -0.25) is 0 Å². The Labute approximate surface area is 212 Å². The van der Waals surface area contributed by atoms with Crippen molar-refractivity contribution in [3.63, 3.8) is 0 Å². The fourth-order valence-electron chi connectivity index (χ4n) is 6.12. The molecule has 1 aliphatic heterocycles. The van der Waals surface area contributed by atoms with Gasteiger partial charge in [0.2, 0.25) is 0 Å². The van der Waals surface area contributed by atoms with Crippen molar-refractivity contribution in [3.05, 3.63) is 60.2 Å². The maximum atomic E-state index is 6.69. The second-order valence-electron chi connectivity index (χ2n) is 10.5. The molecule has 5 heteroatoms. The molecule has 1 saturated carbocycles. The summed E-state index contributed by atoms with van der Waals surface area (Å²) in [7, 11) is 3.59. The molecule has 0 amide bonds. The molecule has 4 nitrogen and oxygen atoms in total. The third kappa shape index (κ3) is 5.39. The van der Waals surface area contributed by atoms with Gasteiger partial charge in [-0.15, -0.1) is 0 Å². The van der Waals surface area contributed by atoms with Gasteiger partial charge in [0.05, 0.1) is 0 Å². The van der Waals surface area contributed by atoms with Crippen LogP contribution in [0.4, 0.5) is 0 Å². The number of hydrogen-bond donors (Lipinski definition) is 0. The van der Waals surface area contributed by atoms with Crippen LogP contribution in [0.5, 0.6) is 5.75 Å². The van der Waals surface area contributed by atoms with Gasteiger partial charge in [-0.05, 0) is 0 Å². The number of benzene rings is 2. The Balaban J connectivity index is 1.66. The van der Waals surface area contributed by atoms with Crippen LogP contribution in [0.2, 0.25) is 4.82 Å². The van der Waals surface area contributed by atoms with E-state index in [0.717, 1.165) is 23.8 Å². The first kappa shape index (κ1) is 25.7. The predicted octanol–water partition coefficient (Wildman–Crippen LogP) is 5.46. The first-order valence-electron chi connectivity index (χ1n) is 12.6. The van der Waals surface area contributed by atoms with E-state index in [1.807, 2.05) is 19.2 Å². The Morgan fingerprint density at radius 3 is 2.44 bits per heavy atom. The Morgan fingerprint density at radius 2 is 1.74 bits per heavy atom. The van der Waals surface area contributed by atoms with Gasteiger partial charge < -0.3 is 0 Å². The zero-order chi connectivity index (χ0) is 24.3. The molecule has 0 bridgehead atoms. The summed E-state index contributed by atoms with van der Waals surface area (Å²) in [6.45, 7) is 10.4. The van der Waals surface area contributed by atoms with Crippen LogP contribution in [0.1, 0.15) is 58.6 Å². The molecule has 0 spiro atoms. The average Bonchev–Trinajstić information content (AvgIpc) is 2.82. The molecular formula is C29H41NO3Se. The van der Waals surface area contributed by atoms with Crippen molar-refractivity contribution in [3.8, 4) is 5.75 Å². The third-order valence-corrected chi connectivity index (χ3v) is 10.6. The van der Waals surface area contributed by atoms with Crippen LogP contribution in [0.25, 0.3) is 0 Å². The molecule has 1 heterocycles.